The molecule has 0 heterocycles. The molecule has 0 amide bonds. The van der Waals surface area contributed by atoms with Crippen molar-refractivity contribution in [2.24, 2.45) is 5.73 Å². The van der Waals surface area contributed by atoms with Crippen LogP contribution >= 0.6 is 0 Å². The Morgan fingerprint density at radius 1 is 1.50 bits per heavy atom. The van der Waals surface area contributed by atoms with E-state index in [0.29, 0.717) is 0 Å². The molecule has 0 aromatic heterocycles. The van der Waals surface area contributed by atoms with Crippen LogP contribution in [0.15, 0.2) is 24.3 Å². The highest BCUT2D eigenvalue weighted by Gasteiger charge is 2.32. The molecule has 0 fully saturated rings. The van der Waals surface area contributed by atoms with Gasteiger partial charge in [-0.25, -0.2) is 9.18 Å². The van der Waals surface area contributed by atoms with Gasteiger partial charge in [-0.15, -0.1) is 0 Å². The summed E-state index contributed by atoms with van der Waals surface area (Å²) in [7, 11) is 0. The highest BCUT2D eigenvalue weighted by Crippen LogP contribution is 2.20. The molecule has 0 aliphatic heterocycles. The second-order valence-electron chi connectivity index (χ2n) is 2.99. The molecule has 1 aromatic rings. The Balaban J connectivity index is 0.00000169. The van der Waals surface area contributed by atoms with E-state index < -0.39 is 17.3 Å². The first-order chi connectivity index (χ1) is 5.96. The molecule has 1 rings (SSSR count). The summed E-state index contributed by atoms with van der Waals surface area (Å²) in [6, 6.07) is 5.58. The Labute approximate surface area is 80.5 Å². The molecule has 0 radical (unpaired) electrons. The molecule has 14 heavy (non-hydrogen) atoms. The van der Waals surface area contributed by atoms with Gasteiger partial charge >= 0.3 is 5.97 Å². The van der Waals surface area contributed by atoms with Gasteiger partial charge in [0.15, 0.2) is 0 Å². The smallest absolute Gasteiger partial charge is 0.328 e. The van der Waals surface area contributed by atoms with Crippen LogP contribution in [0.5, 0.6) is 0 Å². The molecule has 1 unspecified atom stereocenters. The number of nitrogens with two attached hydrogens (primary N) is 1. The van der Waals surface area contributed by atoms with E-state index in [1.54, 1.807) is 6.07 Å². The van der Waals surface area contributed by atoms with Crippen LogP contribution in [0.4, 0.5) is 4.39 Å². The van der Waals surface area contributed by atoms with Gasteiger partial charge in [-0.05, 0) is 13.0 Å². The van der Waals surface area contributed by atoms with Gasteiger partial charge in [0.25, 0.3) is 0 Å². The van der Waals surface area contributed by atoms with Crippen LogP contribution in [0.3, 0.4) is 0 Å². The summed E-state index contributed by atoms with van der Waals surface area (Å²) in [5, 5.41) is 8.73. The van der Waals surface area contributed by atoms with Crippen molar-refractivity contribution in [1.29, 1.82) is 0 Å². The summed E-state index contributed by atoms with van der Waals surface area (Å²) < 4.78 is 13.1. The van der Waals surface area contributed by atoms with Gasteiger partial charge < -0.3 is 16.3 Å². The van der Waals surface area contributed by atoms with E-state index in [1.807, 2.05) is 0 Å². The topological polar surface area (TPSA) is 94.8 Å². The fraction of sp³-hybridized carbons (Fsp3) is 0.222. The first-order valence-electron chi connectivity index (χ1n) is 3.73. The molecule has 0 bridgehead atoms. The monoisotopic (exact) mass is 201 g/mol. The van der Waals surface area contributed by atoms with E-state index in [4.69, 9.17) is 10.8 Å². The van der Waals surface area contributed by atoms with Crippen molar-refractivity contribution < 1.29 is 19.8 Å². The summed E-state index contributed by atoms with van der Waals surface area (Å²) in [4.78, 5) is 10.7. The third-order valence-electron chi connectivity index (χ3n) is 1.88. The Morgan fingerprint density at radius 2 is 2.00 bits per heavy atom. The standard InChI is InChI=1S/C9H10FNO2.H2O/c1-9(11,8(12)13)6-4-2-3-5-7(6)10;/h2-5H,11H2,1H3,(H,12,13);1H2. The zero-order valence-corrected chi connectivity index (χ0v) is 7.62. The normalized spacial score (nSPS) is 13.9. The first-order valence-corrected chi connectivity index (χ1v) is 3.73. The summed E-state index contributed by atoms with van der Waals surface area (Å²) >= 11 is 0. The minimum absolute atomic E-state index is 0. The van der Waals surface area contributed by atoms with Crippen LogP contribution in [-0.2, 0) is 10.3 Å². The number of aliphatic carboxylic acids is 1. The maximum atomic E-state index is 13.1. The van der Waals surface area contributed by atoms with Crippen LogP contribution in [0.2, 0.25) is 0 Å². The summed E-state index contributed by atoms with van der Waals surface area (Å²) in [5.41, 5.74) is 3.76. The average Bonchev–Trinajstić information content (AvgIpc) is 2.04. The van der Waals surface area contributed by atoms with Gasteiger partial charge in [-0.3, -0.25) is 0 Å². The summed E-state index contributed by atoms with van der Waals surface area (Å²) in [6.07, 6.45) is 0. The molecule has 0 spiro atoms. The Kier molecular flexibility index (Phi) is 3.73. The van der Waals surface area contributed by atoms with E-state index in [1.165, 1.54) is 25.1 Å². The average molecular weight is 201 g/mol. The van der Waals surface area contributed by atoms with Crippen LogP contribution in [0, 0.1) is 5.82 Å². The Hall–Kier alpha value is -1.46. The maximum Gasteiger partial charge on any atom is 0.328 e. The predicted octanol–water partition coefficient (Wildman–Crippen LogP) is 0.260. The zero-order chi connectivity index (χ0) is 10.1. The lowest BCUT2D eigenvalue weighted by atomic mass is 9.93. The number of rotatable bonds is 2. The molecular formula is C9H12FNO3. The lowest BCUT2D eigenvalue weighted by Gasteiger charge is -2.19. The molecule has 4 nitrogen and oxygen atoms in total. The van der Waals surface area contributed by atoms with Crippen molar-refractivity contribution in [2.75, 3.05) is 0 Å². The van der Waals surface area contributed by atoms with Gasteiger partial charge in [0.05, 0.1) is 0 Å². The molecule has 0 aliphatic carbocycles. The third-order valence-corrected chi connectivity index (χ3v) is 1.88. The minimum Gasteiger partial charge on any atom is -0.480 e. The fourth-order valence-corrected chi connectivity index (χ4v) is 0.998. The third kappa shape index (κ3) is 2.07. The number of carbonyl (C=O) groups is 1. The molecule has 5 N–H and O–H groups in total. The number of halogens is 1. The molecule has 0 saturated heterocycles. The Bertz CT molecular complexity index is 339. The highest BCUT2D eigenvalue weighted by atomic mass is 19.1. The fourth-order valence-electron chi connectivity index (χ4n) is 0.998. The van der Waals surface area contributed by atoms with E-state index in [2.05, 4.69) is 0 Å². The van der Waals surface area contributed by atoms with Gasteiger partial charge in [0.1, 0.15) is 11.4 Å². The van der Waals surface area contributed by atoms with Crippen molar-refractivity contribution in [3.05, 3.63) is 35.6 Å². The van der Waals surface area contributed by atoms with Crippen LogP contribution in [0.25, 0.3) is 0 Å². The lowest BCUT2D eigenvalue weighted by molar-refractivity contribution is -0.143. The van der Waals surface area contributed by atoms with Crippen molar-refractivity contribution in [2.45, 2.75) is 12.5 Å². The van der Waals surface area contributed by atoms with Crippen LogP contribution < -0.4 is 5.73 Å². The van der Waals surface area contributed by atoms with Gasteiger partial charge in [0, 0.05) is 5.56 Å². The van der Waals surface area contributed by atoms with Crippen LogP contribution in [0.1, 0.15) is 12.5 Å². The first kappa shape index (κ1) is 12.5. The molecule has 0 aliphatic rings. The minimum atomic E-state index is -1.68. The SMILES string of the molecule is CC(N)(C(=O)O)c1ccccc1F.O. The predicted molar refractivity (Wildman–Crippen MR) is 49.2 cm³/mol. The van der Waals surface area contributed by atoms with Gasteiger partial charge in [-0.2, -0.15) is 0 Å². The summed E-state index contributed by atoms with van der Waals surface area (Å²) in [6.45, 7) is 1.26. The number of hydrogen-bond donors (Lipinski definition) is 2. The number of carboxylic acids is 1. The van der Waals surface area contributed by atoms with Gasteiger partial charge in [0.2, 0.25) is 0 Å². The van der Waals surface area contributed by atoms with Crippen molar-refractivity contribution in [1.82, 2.24) is 0 Å². The largest absolute Gasteiger partial charge is 0.480 e. The van der Waals surface area contributed by atoms with E-state index in [0.717, 1.165) is 0 Å². The summed E-state index contributed by atoms with van der Waals surface area (Å²) in [5.74, 6) is -1.85. The molecule has 0 saturated carbocycles. The molecule has 1 aromatic carbocycles. The zero-order valence-electron chi connectivity index (χ0n) is 7.62. The van der Waals surface area contributed by atoms with Crippen molar-refractivity contribution in [3.8, 4) is 0 Å². The molecule has 78 valence electrons. The van der Waals surface area contributed by atoms with Crippen molar-refractivity contribution in [3.63, 3.8) is 0 Å². The molecule has 5 heteroatoms. The second-order valence-corrected chi connectivity index (χ2v) is 2.99. The maximum absolute atomic E-state index is 13.1. The number of benzene rings is 1. The van der Waals surface area contributed by atoms with Crippen LogP contribution in [-0.4, -0.2) is 16.6 Å². The Morgan fingerprint density at radius 3 is 2.43 bits per heavy atom. The van der Waals surface area contributed by atoms with E-state index >= 15 is 0 Å². The number of hydrogen-bond acceptors (Lipinski definition) is 2. The van der Waals surface area contributed by atoms with E-state index in [9.17, 15) is 9.18 Å². The van der Waals surface area contributed by atoms with E-state index in [-0.39, 0.29) is 11.0 Å². The quantitative estimate of drug-likeness (QED) is 0.718. The molecule has 1 atom stereocenters. The van der Waals surface area contributed by atoms with Gasteiger partial charge in [-0.1, -0.05) is 18.2 Å². The molecular weight excluding hydrogens is 189 g/mol. The number of carboxylic acid groups (broad SMARTS) is 1. The lowest BCUT2D eigenvalue weighted by Crippen LogP contribution is -2.42. The van der Waals surface area contributed by atoms with Crippen molar-refractivity contribution >= 4 is 5.97 Å². The highest BCUT2D eigenvalue weighted by molar-refractivity contribution is 5.79. The second kappa shape index (κ2) is 4.17.